The minimum atomic E-state index is -0.0871. The molecule has 106 valence electrons. The molecular formula is C13H13Cl2N3OS. The number of halogens is 2. The first kappa shape index (κ1) is 15.2. The van der Waals surface area contributed by atoms with E-state index in [9.17, 15) is 4.79 Å². The molecule has 4 nitrogen and oxygen atoms in total. The van der Waals surface area contributed by atoms with Gasteiger partial charge in [-0.2, -0.15) is 0 Å². The number of rotatable bonds is 5. The number of imidazole rings is 1. The van der Waals surface area contributed by atoms with Gasteiger partial charge in [0.1, 0.15) is 0 Å². The maximum atomic E-state index is 11.8. The fourth-order valence-electron chi connectivity index (χ4n) is 1.53. The van der Waals surface area contributed by atoms with E-state index in [-0.39, 0.29) is 5.91 Å². The Bertz CT molecular complexity index is 615. The molecule has 0 atom stereocenters. The van der Waals surface area contributed by atoms with Gasteiger partial charge in [-0.15, -0.1) is 0 Å². The van der Waals surface area contributed by atoms with Crippen LogP contribution >= 0.6 is 35.0 Å². The monoisotopic (exact) mass is 329 g/mol. The largest absolute Gasteiger partial charge is 0.329 e. The molecule has 1 heterocycles. The Morgan fingerprint density at radius 2 is 2.25 bits per heavy atom. The molecule has 0 saturated heterocycles. The molecule has 0 spiro atoms. The van der Waals surface area contributed by atoms with Crippen LogP contribution in [0.3, 0.4) is 0 Å². The molecule has 0 aliphatic rings. The van der Waals surface area contributed by atoms with Gasteiger partial charge in [0.15, 0.2) is 5.16 Å². The molecule has 2 rings (SSSR count). The Balaban J connectivity index is 1.82. The first-order valence-corrected chi connectivity index (χ1v) is 7.65. The summed E-state index contributed by atoms with van der Waals surface area (Å²) in [5, 5.41) is 4.63. The SMILES string of the molecule is Cn1ccnc1SCCC(=O)Nc1ccc(Cl)cc1Cl. The fraction of sp³-hybridized carbons (Fsp3) is 0.231. The molecule has 0 aliphatic carbocycles. The third kappa shape index (κ3) is 4.16. The summed E-state index contributed by atoms with van der Waals surface area (Å²) in [7, 11) is 1.92. The van der Waals surface area contributed by atoms with Crippen LogP contribution in [0.5, 0.6) is 0 Å². The predicted molar refractivity (Wildman–Crippen MR) is 83.6 cm³/mol. The third-order valence-electron chi connectivity index (χ3n) is 2.54. The van der Waals surface area contributed by atoms with Crippen molar-refractivity contribution >= 4 is 46.6 Å². The van der Waals surface area contributed by atoms with Gasteiger partial charge < -0.3 is 9.88 Å². The molecule has 1 amide bonds. The third-order valence-corrected chi connectivity index (χ3v) is 4.15. The van der Waals surface area contributed by atoms with Gasteiger partial charge in [-0.05, 0) is 18.2 Å². The summed E-state index contributed by atoms with van der Waals surface area (Å²) < 4.78 is 1.92. The Labute approximate surface area is 131 Å². The van der Waals surface area contributed by atoms with Crippen molar-refractivity contribution in [2.24, 2.45) is 7.05 Å². The number of amides is 1. The molecule has 7 heteroatoms. The number of anilines is 1. The lowest BCUT2D eigenvalue weighted by Gasteiger charge is -2.07. The molecule has 0 radical (unpaired) electrons. The minimum Gasteiger partial charge on any atom is -0.329 e. The Hall–Kier alpha value is -1.17. The average molecular weight is 330 g/mol. The van der Waals surface area contributed by atoms with Gasteiger partial charge in [0.2, 0.25) is 5.91 Å². The lowest BCUT2D eigenvalue weighted by molar-refractivity contribution is -0.115. The molecule has 0 saturated carbocycles. The lowest BCUT2D eigenvalue weighted by Crippen LogP contribution is -2.12. The van der Waals surface area contributed by atoms with Crippen molar-refractivity contribution in [3.63, 3.8) is 0 Å². The number of hydrogen-bond acceptors (Lipinski definition) is 3. The van der Waals surface area contributed by atoms with Crippen molar-refractivity contribution in [3.05, 3.63) is 40.6 Å². The van der Waals surface area contributed by atoms with Gasteiger partial charge in [-0.3, -0.25) is 4.79 Å². The van der Waals surface area contributed by atoms with E-state index >= 15 is 0 Å². The Morgan fingerprint density at radius 3 is 2.90 bits per heavy atom. The summed E-state index contributed by atoms with van der Waals surface area (Å²) in [4.78, 5) is 16.0. The first-order valence-electron chi connectivity index (χ1n) is 5.91. The van der Waals surface area contributed by atoms with E-state index in [2.05, 4.69) is 10.3 Å². The molecule has 0 unspecified atom stereocenters. The maximum absolute atomic E-state index is 11.8. The summed E-state index contributed by atoms with van der Waals surface area (Å²) >= 11 is 13.3. The van der Waals surface area contributed by atoms with Gasteiger partial charge in [-0.1, -0.05) is 35.0 Å². The highest BCUT2D eigenvalue weighted by molar-refractivity contribution is 7.99. The van der Waals surface area contributed by atoms with Gasteiger partial charge in [0, 0.05) is 36.6 Å². The Morgan fingerprint density at radius 1 is 1.45 bits per heavy atom. The summed E-state index contributed by atoms with van der Waals surface area (Å²) in [5.74, 6) is 0.568. The van der Waals surface area contributed by atoms with Crippen LogP contribution in [0, 0.1) is 0 Å². The fourth-order valence-corrected chi connectivity index (χ4v) is 2.86. The van der Waals surface area contributed by atoms with E-state index in [1.165, 1.54) is 11.8 Å². The summed E-state index contributed by atoms with van der Waals surface area (Å²) in [6, 6.07) is 4.97. The van der Waals surface area contributed by atoms with Crippen molar-refractivity contribution in [3.8, 4) is 0 Å². The van der Waals surface area contributed by atoms with Gasteiger partial charge >= 0.3 is 0 Å². The average Bonchev–Trinajstić information content (AvgIpc) is 2.79. The number of carbonyl (C=O) groups is 1. The summed E-state index contributed by atoms with van der Waals surface area (Å²) in [6.07, 6.45) is 3.99. The first-order chi connectivity index (χ1) is 9.56. The molecule has 0 aliphatic heterocycles. The van der Waals surface area contributed by atoms with Gasteiger partial charge in [0.05, 0.1) is 10.7 Å². The number of aromatic nitrogens is 2. The highest BCUT2D eigenvalue weighted by Gasteiger charge is 2.07. The van der Waals surface area contributed by atoms with E-state index in [1.54, 1.807) is 24.4 Å². The number of benzene rings is 1. The highest BCUT2D eigenvalue weighted by Crippen LogP contribution is 2.25. The molecule has 0 bridgehead atoms. The van der Waals surface area contributed by atoms with Gasteiger partial charge in [-0.25, -0.2) is 4.98 Å². The van der Waals surface area contributed by atoms with Gasteiger partial charge in [0.25, 0.3) is 0 Å². The zero-order valence-corrected chi connectivity index (χ0v) is 13.1. The second kappa shape index (κ2) is 7.02. The second-order valence-electron chi connectivity index (χ2n) is 4.09. The molecule has 2 aromatic rings. The van der Waals surface area contributed by atoms with Crippen LogP contribution in [0.2, 0.25) is 10.0 Å². The number of hydrogen-bond donors (Lipinski definition) is 1. The van der Waals surface area contributed by atoms with Crippen molar-refractivity contribution < 1.29 is 4.79 Å². The lowest BCUT2D eigenvalue weighted by atomic mass is 10.3. The quantitative estimate of drug-likeness (QED) is 0.847. The molecular weight excluding hydrogens is 317 g/mol. The summed E-state index contributed by atoms with van der Waals surface area (Å²) in [5.41, 5.74) is 0.572. The predicted octanol–water partition coefficient (Wildman–Crippen LogP) is 3.85. The molecule has 1 N–H and O–H groups in total. The van der Waals surface area contributed by atoms with Crippen LogP contribution in [-0.4, -0.2) is 21.2 Å². The standard InChI is InChI=1S/C13H13Cl2N3OS/c1-18-6-5-16-13(18)20-7-4-12(19)17-11-3-2-9(14)8-10(11)15/h2-3,5-6,8H,4,7H2,1H3,(H,17,19). The zero-order chi connectivity index (χ0) is 14.5. The zero-order valence-electron chi connectivity index (χ0n) is 10.8. The van der Waals surface area contributed by atoms with Crippen molar-refractivity contribution in [2.75, 3.05) is 11.1 Å². The van der Waals surface area contributed by atoms with Crippen LogP contribution in [0.4, 0.5) is 5.69 Å². The van der Waals surface area contributed by atoms with Crippen molar-refractivity contribution in [1.82, 2.24) is 9.55 Å². The Kier molecular flexibility index (Phi) is 5.34. The second-order valence-corrected chi connectivity index (χ2v) is 6.00. The van der Waals surface area contributed by atoms with Crippen molar-refractivity contribution in [2.45, 2.75) is 11.6 Å². The minimum absolute atomic E-state index is 0.0871. The van der Waals surface area contributed by atoms with E-state index in [4.69, 9.17) is 23.2 Å². The molecule has 20 heavy (non-hydrogen) atoms. The molecule has 0 fully saturated rings. The maximum Gasteiger partial charge on any atom is 0.225 e. The van der Waals surface area contributed by atoms with E-state index < -0.39 is 0 Å². The molecule has 1 aromatic heterocycles. The van der Waals surface area contributed by atoms with Crippen LogP contribution < -0.4 is 5.32 Å². The number of thioether (sulfide) groups is 1. The number of nitrogens with one attached hydrogen (secondary N) is 1. The van der Waals surface area contributed by atoms with E-state index in [0.29, 0.717) is 27.9 Å². The summed E-state index contributed by atoms with van der Waals surface area (Å²) in [6.45, 7) is 0. The van der Waals surface area contributed by atoms with Crippen molar-refractivity contribution in [1.29, 1.82) is 0 Å². The van der Waals surface area contributed by atoms with Crippen LogP contribution in [0.1, 0.15) is 6.42 Å². The van der Waals surface area contributed by atoms with Crippen LogP contribution in [-0.2, 0) is 11.8 Å². The normalized spacial score (nSPS) is 10.6. The molecule has 1 aromatic carbocycles. The van der Waals surface area contributed by atoms with Crippen LogP contribution in [0.15, 0.2) is 35.7 Å². The number of aryl methyl sites for hydroxylation is 1. The smallest absolute Gasteiger partial charge is 0.225 e. The number of nitrogens with zero attached hydrogens (tertiary/aromatic N) is 2. The highest BCUT2D eigenvalue weighted by atomic mass is 35.5. The topological polar surface area (TPSA) is 46.9 Å². The van der Waals surface area contributed by atoms with E-state index in [1.807, 2.05) is 17.8 Å². The van der Waals surface area contributed by atoms with E-state index in [0.717, 1.165) is 5.16 Å². The van der Waals surface area contributed by atoms with Crippen LogP contribution in [0.25, 0.3) is 0 Å². The number of carbonyl (C=O) groups excluding carboxylic acids is 1.